The van der Waals surface area contributed by atoms with Crippen molar-refractivity contribution >= 4 is 33.7 Å². The molecule has 0 aliphatic carbocycles. The molecule has 1 N–H and O–H groups in total. The van der Waals surface area contributed by atoms with E-state index in [1.165, 1.54) is 50.6 Å². The van der Waals surface area contributed by atoms with E-state index in [0.717, 1.165) is 0 Å². The third kappa shape index (κ3) is 6.47. The van der Waals surface area contributed by atoms with Crippen molar-refractivity contribution in [3.63, 3.8) is 0 Å². The SMILES string of the molecule is COC(=O)c1ccc(COC(=O)/C=C/c2ccc(S(=O)(=O)Nc3ccc(OC)cc3)cc2)o1. The molecule has 33 heavy (non-hydrogen) atoms. The Labute approximate surface area is 190 Å². The second-order valence-corrected chi connectivity index (χ2v) is 8.28. The topological polar surface area (TPSA) is 121 Å². The van der Waals surface area contributed by atoms with Gasteiger partial charge in [0.2, 0.25) is 5.76 Å². The molecule has 172 valence electrons. The molecule has 0 saturated carbocycles. The molecule has 0 saturated heterocycles. The van der Waals surface area contributed by atoms with Crippen LogP contribution < -0.4 is 9.46 Å². The van der Waals surface area contributed by atoms with Gasteiger partial charge in [0.05, 0.1) is 19.1 Å². The molecule has 2 aromatic carbocycles. The Morgan fingerprint density at radius 2 is 1.67 bits per heavy atom. The van der Waals surface area contributed by atoms with Crippen molar-refractivity contribution in [3.8, 4) is 5.75 Å². The van der Waals surface area contributed by atoms with Crippen molar-refractivity contribution < 1.29 is 36.6 Å². The largest absolute Gasteiger partial charge is 0.497 e. The molecule has 10 heteroatoms. The maximum atomic E-state index is 12.5. The van der Waals surface area contributed by atoms with Gasteiger partial charge in [-0.15, -0.1) is 0 Å². The summed E-state index contributed by atoms with van der Waals surface area (Å²) < 4.78 is 47.4. The number of anilines is 1. The van der Waals surface area contributed by atoms with E-state index in [9.17, 15) is 18.0 Å². The molecule has 3 rings (SSSR count). The fourth-order valence-electron chi connectivity index (χ4n) is 2.65. The van der Waals surface area contributed by atoms with Crippen LogP contribution in [0.5, 0.6) is 5.75 Å². The molecule has 0 atom stereocenters. The van der Waals surface area contributed by atoms with Crippen molar-refractivity contribution in [3.05, 3.63) is 83.8 Å². The van der Waals surface area contributed by atoms with E-state index in [1.807, 2.05) is 0 Å². The highest BCUT2D eigenvalue weighted by Crippen LogP contribution is 2.20. The number of methoxy groups -OCH3 is 2. The van der Waals surface area contributed by atoms with Crippen LogP contribution in [0.3, 0.4) is 0 Å². The van der Waals surface area contributed by atoms with E-state index in [-0.39, 0.29) is 23.0 Å². The number of nitrogens with one attached hydrogen (secondary N) is 1. The van der Waals surface area contributed by atoms with Crippen LogP contribution in [0.1, 0.15) is 21.9 Å². The van der Waals surface area contributed by atoms with E-state index >= 15 is 0 Å². The van der Waals surface area contributed by atoms with E-state index < -0.39 is 22.0 Å². The zero-order chi connectivity index (χ0) is 23.8. The van der Waals surface area contributed by atoms with Gasteiger partial charge in [-0.3, -0.25) is 4.72 Å². The summed E-state index contributed by atoms with van der Waals surface area (Å²) in [6, 6.07) is 15.4. The average molecular weight is 471 g/mol. The first kappa shape index (κ1) is 23.6. The number of hydrogen-bond donors (Lipinski definition) is 1. The van der Waals surface area contributed by atoms with Gasteiger partial charge in [0, 0.05) is 11.8 Å². The van der Waals surface area contributed by atoms with Gasteiger partial charge >= 0.3 is 11.9 Å². The Kier molecular flexibility index (Phi) is 7.52. The van der Waals surface area contributed by atoms with Crippen LogP contribution in [-0.2, 0) is 30.9 Å². The molecule has 0 unspecified atom stereocenters. The van der Waals surface area contributed by atoms with Gasteiger partial charge in [-0.25, -0.2) is 18.0 Å². The molecular weight excluding hydrogens is 450 g/mol. The molecule has 0 bridgehead atoms. The summed E-state index contributed by atoms with van der Waals surface area (Å²) in [6.45, 7) is -0.158. The Bertz CT molecular complexity index is 1240. The second-order valence-electron chi connectivity index (χ2n) is 6.60. The number of hydrogen-bond acceptors (Lipinski definition) is 8. The molecule has 1 heterocycles. The van der Waals surface area contributed by atoms with Crippen LogP contribution in [-0.4, -0.2) is 34.6 Å². The molecule has 0 radical (unpaired) electrons. The van der Waals surface area contributed by atoms with Crippen molar-refractivity contribution in [2.45, 2.75) is 11.5 Å². The molecular formula is C23H21NO8S. The van der Waals surface area contributed by atoms with Crippen molar-refractivity contribution in [1.29, 1.82) is 0 Å². The summed E-state index contributed by atoms with van der Waals surface area (Å²) >= 11 is 0. The van der Waals surface area contributed by atoms with Gasteiger partial charge < -0.3 is 18.6 Å². The third-order valence-corrected chi connectivity index (χ3v) is 5.75. The molecule has 0 aliphatic heterocycles. The van der Waals surface area contributed by atoms with Crippen LogP contribution in [0.2, 0.25) is 0 Å². The summed E-state index contributed by atoms with van der Waals surface area (Å²) in [5.41, 5.74) is 0.999. The Balaban J connectivity index is 1.56. The lowest BCUT2D eigenvalue weighted by Gasteiger charge is -2.09. The third-order valence-electron chi connectivity index (χ3n) is 4.35. The molecule has 0 spiro atoms. The Morgan fingerprint density at radius 3 is 2.30 bits per heavy atom. The van der Waals surface area contributed by atoms with Gasteiger partial charge in [0.1, 0.15) is 18.1 Å². The maximum absolute atomic E-state index is 12.5. The second kappa shape index (κ2) is 10.5. The standard InChI is InChI=1S/C23H21NO8S/c1-29-18-8-6-17(7-9-18)24-33(27,28)20-11-3-16(4-12-20)5-14-22(25)31-15-19-10-13-21(32-19)23(26)30-2/h3-14,24H,15H2,1-2H3/b14-5+. The molecule has 3 aromatic rings. The first-order valence-corrected chi connectivity index (χ1v) is 11.1. The zero-order valence-corrected chi connectivity index (χ0v) is 18.6. The van der Waals surface area contributed by atoms with Gasteiger partial charge in [-0.1, -0.05) is 12.1 Å². The van der Waals surface area contributed by atoms with Crippen LogP contribution in [0.25, 0.3) is 6.08 Å². The molecule has 9 nitrogen and oxygen atoms in total. The number of benzene rings is 2. The lowest BCUT2D eigenvalue weighted by Crippen LogP contribution is -2.12. The minimum Gasteiger partial charge on any atom is -0.497 e. The van der Waals surface area contributed by atoms with E-state index in [0.29, 0.717) is 17.0 Å². The van der Waals surface area contributed by atoms with Gasteiger partial charge in [0.15, 0.2) is 0 Å². The minimum atomic E-state index is -3.78. The lowest BCUT2D eigenvalue weighted by molar-refractivity contribution is -0.139. The summed E-state index contributed by atoms with van der Waals surface area (Å²) in [5.74, 6) is -0.351. The highest BCUT2D eigenvalue weighted by molar-refractivity contribution is 7.92. The molecule has 0 amide bonds. The zero-order valence-electron chi connectivity index (χ0n) is 17.8. The van der Waals surface area contributed by atoms with Crippen LogP contribution in [0.15, 0.2) is 76.1 Å². The van der Waals surface area contributed by atoms with Crippen molar-refractivity contribution in [1.82, 2.24) is 0 Å². The number of furan rings is 1. The number of esters is 2. The lowest BCUT2D eigenvalue weighted by atomic mass is 10.2. The molecule has 0 aliphatic rings. The van der Waals surface area contributed by atoms with Crippen molar-refractivity contribution in [2.24, 2.45) is 0 Å². The van der Waals surface area contributed by atoms with Crippen molar-refractivity contribution in [2.75, 3.05) is 18.9 Å². The fraction of sp³-hybridized carbons (Fsp3) is 0.130. The summed E-state index contributed by atoms with van der Waals surface area (Å²) in [5, 5.41) is 0. The predicted molar refractivity (Wildman–Crippen MR) is 119 cm³/mol. The molecule has 1 aromatic heterocycles. The number of rotatable bonds is 9. The van der Waals surface area contributed by atoms with Crippen LogP contribution in [0.4, 0.5) is 5.69 Å². The highest BCUT2D eigenvalue weighted by atomic mass is 32.2. The Morgan fingerprint density at radius 1 is 0.970 bits per heavy atom. The number of ether oxygens (including phenoxy) is 3. The Hall–Kier alpha value is -4.05. The van der Waals surface area contributed by atoms with E-state index in [4.69, 9.17) is 13.9 Å². The van der Waals surface area contributed by atoms with Gasteiger partial charge in [-0.05, 0) is 60.2 Å². The number of carbonyl (C=O) groups excluding carboxylic acids is 2. The van der Waals surface area contributed by atoms with Gasteiger partial charge in [0.25, 0.3) is 10.0 Å². The summed E-state index contributed by atoms with van der Waals surface area (Å²) in [4.78, 5) is 23.3. The quantitative estimate of drug-likeness (QED) is 0.371. The molecule has 0 fully saturated rings. The first-order chi connectivity index (χ1) is 15.8. The summed E-state index contributed by atoms with van der Waals surface area (Å²) in [7, 11) is -1.02. The van der Waals surface area contributed by atoms with Crippen LogP contribution in [0, 0.1) is 0 Å². The summed E-state index contributed by atoms with van der Waals surface area (Å²) in [6.07, 6.45) is 2.68. The number of carbonyl (C=O) groups is 2. The minimum absolute atomic E-state index is 0.00983. The maximum Gasteiger partial charge on any atom is 0.373 e. The monoisotopic (exact) mass is 471 g/mol. The first-order valence-electron chi connectivity index (χ1n) is 9.59. The normalized spacial score (nSPS) is 11.2. The van der Waals surface area contributed by atoms with E-state index in [2.05, 4.69) is 9.46 Å². The predicted octanol–water partition coefficient (Wildman–Crippen LogP) is 3.63. The van der Waals surface area contributed by atoms with Gasteiger partial charge in [-0.2, -0.15) is 0 Å². The fourth-order valence-corrected chi connectivity index (χ4v) is 3.71. The number of sulfonamides is 1. The van der Waals surface area contributed by atoms with E-state index in [1.54, 1.807) is 36.4 Å². The van der Waals surface area contributed by atoms with Crippen LogP contribution >= 0.6 is 0 Å². The highest BCUT2D eigenvalue weighted by Gasteiger charge is 2.14. The smallest absolute Gasteiger partial charge is 0.373 e. The average Bonchev–Trinajstić information content (AvgIpc) is 3.30.